The molecule has 1 N–H and O–H groups in total. The van der Waals surface area contributed by atoms with Crippen LogP contribution in [0.1, 0.15) is 52.9 Å². The minimum atomic E-state index is 0.246. The summed E-state index contributed by atoms with van der Waals surface area (Å²) in [5, 5.41) is 3.67. The molecule has 3 nitrogen and oxygen atoms in total. The van der Waals surface area contributed by atoms with Crippen LogP contribution in [0.15, 0.2) is 0 Å². The summed E-state index contributed by atoms with van der Waals surface area (Å²) in [5.41, 5.74) is 0. The van der Waals surface area contributed by atoms with E-state index in [1.807, 2.05) is 0 Å². The largest absolute Gasteiger partial charge is 0.341 e. The molecule has 2 aliphatic rings. The number of nitrogens with zero attached hydrogens (tertiary/aromatic N) is 1. The zero-order valence-electron chi connectivity index (χ0n) is 12.8. The zero-order valence-corrected chi connectivity index (χ0v) is 12.8. The van der Waals surface area contributed by atoms with Gasteiger partial charge in [-0.3, -0.25) is 4.79 Å². The number of hydrogen-bond donors (Lipinski definition) is 1. The summed E-state index contributed by atoms with van der Waals surface area (Å²) in [5.74, 6) is 2.69. The van der Waals surface area contributed by atoms with Crippen molar-refractivity contribution in [1.29, 1.82) is 0 Å². The monoisotopic (exact) mass is 266 g/mol. The Morgan fingerprint density at radius 1 is 1.26 bits per heavy atom. The standard InChI is InChI=1S/C16H30N2O/c1-12(2)6-7-17-16-9-15(8-14-4-5-14)10-18(11-16)13(3)19/h12,14-17H,4-11H2,1-3H3. The van der Waals surface area contributed by atoms with E-state index < -0.39 is 0 Å². The zero-order chi connectivity index (χ0) is 13.8. The van der Waals surface area contributed by atoms with Crippen LogP contribution in [-0.2, 0) is 4.79 Å². The predicted molar refractivity (Wildman–Crippen MR) is 78.9 cm³/mol. The molecule has 2 atom stereocenters. The van der Waals surface area contributed by atoms with Gasteiger partial charge in [0.05, 0.1) is 0 Å². The van der Waals surface area contributed by atoms with E-state index in [1.165, 1.54) is 32.1 Å². The van der Waals surface area contributed by atoms with Crippen molar-refractivity contribution < 1.29 is 4.79 Å². The molecule has 1 amide bonds. The van der Waals surface area contributed by atoms with E-state index in [9.17, 15) is 4.79 Å². The summed E-state index contributed by atoms with van der Waals surface area (Å²) in [4.78, 5) is 13.7. The first-order valence-electron chi connectivity index (χ1n) is 8.03. The lowest BCUT2D eigenvalue weighted by Crippen LogP contribution is -2.51. The summed E-state index contributed by atoms with van der Waals surface area (Å²) in [6, 6.07) is 0.514. The summed E-state index contributed by atoms with van der Waals surface area (Å²) >= 11 is 0. The van der Waals surface area contributed by atoms with Crippen LogP contribution in [0.5, 0.6) is 0 Å². The van der Waals surface area contributed by atoms with Crippen molar-refractivity contribution in [1.82, 2.24) is 10.2 Å². The normalized spacial score (nSPS) is 27.9. The number of amides is 1. The second-order valence-electron chi connectivity index (χ2n) is 7.04. The van der Waals surface area contributed by atoms with E-state index >= 15 is 0 Å². The van der Waals surface area contributed by atoms with Crippen LogP contribution >= 0.6 is 0 Å². The molecule has 0 aromatic rings. The first-order chi connectivity index (χ1) is 9.04. The molecule has 2 fully saturated rings. The molecule has 3 heteroatoms. The van der Waals surface area contributed by atoms with Gasteiger partial charge in [0.1, 0.15) is 0 Å². The van der Waals surface area contributed by atoms with Crippen molar-refractivity contribution >= 4 is 5.91 Å². The summed E-state index contributed by atoms with van der Waals surface area (Å²) in [7, 11) is 0. The summed E-state index contributed by atoms with van der Waals surface area (Å²) < 4.78 is 0. The highest BCUT2D eigenvalue weighted by Gasteiger charge is 2.32. The second-order valence-corrected chi connectivity index (χ2v) is 7.04. The van der Waals surface area contributed by atoms with Crippen LogP contribution in [0.3, 0.4) is 0 Å². The minimum absolute atomic E-state index is 0.246. The highest BCUT2D eigenvalue weighted by atomic mass is 16.2. The first-order valence-corrected chi connectivity index (χ1v) is 8.03. The van der Waals surface area contributed by atoms with Gasteiger partial charge in [-0.25, -0.2) is 0 Å². The van der Waals surface area contributed by atoms with Crippen molar-refractivity contribution in [3.8, 4) is 0 Å². The van der Waals surface area contributed by atoms with Gasteiger partial charge >= 0.3 is 0 Å². The number of nitrogens with one attached hydrogen (secondary N) is 1. The Balaban J connectivity index is 1.80. The van der Waals surface area contributed by atoms with E-state index in [-0.39, 0.29) is 5.91 Å². The van der Waals surface area contributed by atoms with E-state index in [1.54, 1.807) is 6.92 Å². The van der Waals surface area contributed by atoms with E-state index in [0.29, 0.717) is 6.04 Å². The van der Waals surface area contributed by atoms with Gasteiger partial charge in [-0.2, -0.15) is 0 Å². The molecule has 0 aromatic heterocycles. The molecule has 110 valence electrons. The Labute approximate surface area is 118 Å². The van der Waals surface area contributed by atoms with Crippen molar-refractivity contribution in [3.05, 3.63) is 0 Å². The van der Waals surface area contributed by atoms with Crippen LogP contribution in [-0.4, -0.2) is 36.5 Å². The van der Waals surface area contributed by atoms with Gasteiger partial charge in [-0.05, 0) is 43.6 Å². The molecule has 0 spiro atoms. The predicted octanol–water partition coefficient (Wildman–Crippen LogP) is 2.66. The Morgan fingerprint density at radius 3 is 2.58 bits per heavy atom. The molecular formula is C16H30N2O. The molecule has 1 aliphatic carbocycles. The number of rotatable bonds is 6. The number of carbonyl (C=O) groups excluding carboxylic acids is 1. The molecule has 19 heavy (non-hydrogen) atoms. The third-order valence-corrected chi connectivity index (χ3v) is 4.50. The van der Waals surface area contributed by atoms with Crippen molar-refractivity contribution in [2.75, 3.05) is 19.6 Å². The lowest BCUT2D eigenvalue weighted by Gasteiger charge is -2.38. The van der Waals surface area contributed by atoms with Crippen molar-refractivity contribution in [2.24, 2.45) is 17.8 Å². The van der Waals surface area contributed by atoms with Gasteiger partial charge in [0.25, 0.3) is 0 Å². The van der Waals surface area contributed by atoms with Crippen LogP contribution in [0.2, 0.25) is 0 Å². The van der Waals surface area contributed by atoms with Gasteiger partial charge in [-0.15, -0.1) is 0 Å². The van der Waals surface area contributed by atoms with E-state index in [2.05, 4.69) is 24.1 Å². The van der Waals surface area contributed by atoms with Crippen molar-refractivity contribution in [2.45, 2.75) is 58.9 Å². The number of piperidine rings is 1. The lowest BCUT2D eigenvalue weighted by molar-refractivity contribution is -0.131. The highest BCUT2D eigenvalue weighted by molar-refractivity contribution is 5.73. The number of carbonyl (C=O) groups is 1. The maximum Gasteiger partial charge on any atom is 0.219 e. The lowest BCUT2D eigenvalue weighted by atomic mass is 9.89. The topological polar surface area (TPSA) is 32.3 Å². The van der Waals surface area contributed by atoms with Crippen molar-refractivity contribution in [3.63, 3.8) is 0 Å². The number of hydrogen-bond acceptors (Lipinski definition) is 2. The van der Waals surface area contributed by atoms with E-state index in [0.717, 1.165) is 37.4 Å². The average molecular weight is 266 g/mol. The van der Waals surface area contributed by atoms with Crippen LogP contribution in [0.25, 0.3) is 0 Å². The third-order valence-electron chi connectivity index (χ3n) is 4.50. The molecule has 0 radical (unpaired) electrons. The maximum absolute atomic E-state index is 11.7. The molecule has 0 aromatic carbocycles. The van der Waals surface area contributed by atoms with E-state index in [4.69, 9.17) is 0 Å². The first kappa shape index (κ1) is 14.8. The third kappa shape index (κ3) is 5.13. The fourth-order valence-corrected chi connectivity index (χ4v) is 3.18. The smallest absolute Gasteiger partial charge is 0.219 e. The Hall–Kier alpha value is -0.570. The Bertz CT molecular complexity index is 299. The SMILES string of the molecule is CC(=O)N1CC(CC2CC2)CC(NCCC(C)C)C1. The summed E-state index contributed by atoms with van der Waals surface area (Å²) in [6.07, 6.45) is 6.67. The van der Waals surface area contributed by atoms with Gasteiger partial charge < -0.3 is 10.2 Å². The maximum atomic E-state index is 11.7. The molecule has 1 saturated heterocycles. The van der Waals surface area contributed by atoms with Gasteiger partial charge in [-0.1, -0.05) is 26.7 Å². The van der Waals surface area contributed by atoms with Crippen LogP contribution in [0.4, 0.5) is 0 Å². The fraction of sp³-hybridized carbons (Fsp3) is 0.938. The van der Waals surface area contributed by atoms with Gasteiger partial charge in [0.2, 0.25) is 5.91 Å². The molecule has 2 unspecified atom stereocenters. The molecule has 0 bridgehead atoms. The Kier molecular flexibility index (Phi) is 5.26. The molecular weight excluding hydrogens is 236 g/mol. The molecule has 1 saturated carbocycles. The fourth-order valence-electron chi connectivity index (χ4n) is 3.18. The average Bonchev–Trinajstić information content (AvgIpc) is 3.12. The molecule has 1 heterocycles. The van der Waals surface area contributed by atoms with Crippen LogP contribution in [0, 0.1) is 17.8 Å². The molecule has 2 rings (SSSR count). The highest BCUT2D eigenvalue weighted by Crippen LogP contribution is 2.37. The second kappa shape index (κ2) is 6.74. The quantitative estimate of drug-likeness (QED) is 0.801. The minimum Gasteiger partial charge on any atom is -0.341 e. The van der Waals surface area contributed by atoms with Gasteiger partial charge in [0, 0.05) is 26.1 Å². The van der Waals surface area contributed by atoms with Crippen LogP contribution < -0.4 is 5.32 Å². The van der Waals surface area contributed by atoms with Gasteiger partial charge in [0.15, 0.2) is 0 Å². The number of likely N-dealkylation sites (tertiary alicyclic amines) is 1. The molecule has 1 aliphatic heterocycles. The summed E-state index contributed by atoms with van der Waals surface area (Å²) in [6.45, 7) is 9.23. The Morgan fingerprint density at radius 2 is 2.00 bits per heavy atom.